The number of nitrogens with one attached hydrogen (secondary N) is 1. The Bertz CT molecular complexity index is 628. The number of benzene rings is 2. The lowest BCUT2D eigenvalue weighted by molar-refractivity contribution is 0.199. The molecule has 2 aromatic carbocycles. The summed E-state index contributed by atoms with van der Waals surface area (Å²) in [5, 5.41) is 6.31. The third kappa shape index (κ3) is 2.70. The van der Waals surface area contributed by atoms with Gasteiger partial charge in [0.2, 0.25) is 0 Å². The van der Waals surface area contributed by atoms with Crippen LogP contribution in [0.15, 0.2) is 42.5 Å². The summed E-state index contributed by atoms with van der Waals surface area (Å²) in [4.78, 5) is 2.65. The molecule has 1 N–H and O–H groups in total. The number of hydrogen-bond donors (Lipinski definition) is 1. The molecule has 1 spiro atoms. The summed E-state index contributed by atoms with van der Waals surface area (Å²) >= 11 is 0. The topological polar surface area (TPSA) is 15.3 Å². The monoisotopic (exact) mass is 280 g/mol. The van der Waals surface area contributed by atoms with E-state index in [9.17, 15) is 0 Å². The van der Waals surface area contributed by atoms with Crippen molar-refractivity contribution >= 4 is 10.8 Å². The van der Waals surface area contributed by atoms with Crippen LogP contribution >= 0.6 is 0 Å². The number of fused-ring (bicyclic) bond motifs is 1. The van der Waals surface area contributed by atoms with E-state index in [-0.39, 0.29) is 0 Å². The smallest absolute Gasteiger partial charge is 0.0234 e. The maximum atomic E-state index is 3.60. The van der Waals surface area contributed by atoms with E-state index in [4.69, 9.17) is 0 Å². The van der Waals surface area contributed by atoms with Crippen LogP contribution in [0, 0.1) is 5.41 Å². The van der Waals surface area contributed by atoms with Gasteiger partial charge in [0.15, 0.2) is 0 Å². The van der Waals surface area contributed by atoms with Crippen molar-refractivity contribution in [1.29, 1.82) is 0 Å². The molecule has 4 rings (SSSR count). The first-order chi connectivity index (χ1) is 10.3. The van der Waals surface area contributed by atoms with Crippen LogP contribution in [0.3, 0.4) is 0 Å². The van der Waals surface area contributed by atoms with Crippen LogP contribution in [-0.2, 0) is 6.54 Å². The fourth-order valence-corrected chi connectivity index (χ4v) is 4.14. The van der Waals surface area contributed by atoms with E-state index in [0.717, 1.165) is 6.54 Å². The molecule has 2 nitrogen and oxygen atoms in total. The predicted molar refractivity (Wildman–Crippen MR) is 88.4 cm³/mol. The molecule has 2 fully saturated rings. The third-order valence-corrected chi connectivity index (χ3v) is 5.30. The first-order valence-corrected chi connectivity index (χ1v) is 8.24. The van der Waals surface area contributed by atoms with Gasteiger partial charge in [0.25, 0.3) is 0 Å². The first kappa shape index (κ1) is 13.3. The van der Waals surface area contributed by atoms with Crippen LogP contribution in [0.1, 0.15) is 24.8 Å². The molecule has 2 heteroatoms. The summed E-state index contributed by atoms with van der Waals surface area (Å²) in [6, 6.07) is 15.6. The lowest BCUT2D eigenvalue weighted by atomic mass is 9.80. The summed E-state index contributed by atoms with van der Waals surface area (Å²) in [5.41, 5.74) is 2.02. The molecule has 2 aliphatic rings. The number of rotatable bonds is 2. The molecule has 0 aromatic heterocycles. The van der Waals surface area contributed by atoms with Crippen molar-refractivity contribution in [2.75, 3.05) is 26.2 Å². The Balaban J connectivity index is 1.48. The molecule has 2 aliphatic heterocycles. The Kier molecular flexibility index (Phi) is 3.44. The number of likely N-dealkylation sites (tertiary alicyclic amines) is 1. The molecule has 110 valence electrons. The van der Waals surface area contributed by atoms with Crippen molar-refractivity contribution in [1.82, 2.24) is 10.2 Å². The first-order valence-electron chi connectivity index (χ1n) is 8.24. The Labute approximate surface area is 127 Å². The minimum absolute atomic E-state index is 0.565. The largest absolute Gasteiger partial charge is 0.316 e. The normalized spacial score (nSPS) is 26.7. The van der Waals surface area contributed by atoms with Crippen molar-refractivity contribution in [2.45, 2.75) is 25.8 Å². The zero-order valence-corrected chi connectivity index (χ0v) is 12.6. The lowest BCUT2D eigenvalue weighted by Crippen LogP contribution is -2.41. The average molecular weight is 280 g/mol. The van der Waals surface area contributed by atoms with Crippen LogP contribution < -0.4 is 5.32 Å². The third-order valence-electron chi connectivity index (χ3n) is 5.30. The standard InChI is InChI=1S/C19H24N2/c1-2-5-18-12-16(6-7-17(18)4-1)13-21-11-9-19(15-21)8-3-10-20-14-19/h1-2,4-7,12,20H,3,8-11,13-15H2. The quantitative estimate of drug-likeness (QED) is 0.907. The van der Waals surface area contributed by atoms with Crippen molar-refractivity contribution in [3.63, 3.8) is 0 Å². The highest BCUT2D eigenvalue weighted by Crippen LogP contribution is 2.37. The van der Waals surface area contributed by atoms with E-state index >= 15 is 0 Å². The molecule has 0 amide bonds. The molecule has 0 bridgehead atoms. The molecular weight excluding hydrogens is 256 g/mol. The van der Waals surface area contributed by atoms with Gasteiger partial charge in [-0.05, 0) is 60.2 Å². The van der Waals surface area contributed by atoms with E-state index in [0.29, 0.717) is 5.41 Å². The zero-order chi connectivity index (χ0) is 14.1. The minimum Gasteiger partial charge on any atom is -0.316 e. The molecule has 0 radical (unpaired) electrons. The Morgan fingerprint density at radius 2 is 1.95 bits per heavy atom. The number of piperidine rings is 1. The maximum absolute atomic E-state index is 3.60. The summed E-state index contributed by atoms with van der Waals surface area (Å²) in [6.07, 6.45) is 4.13. The highest BCUT2D eigenvalue weighted by atomic mass is 15.2. The second-order valence-electron chi connectivity index (χ2n) is 6.92. The van der Waals surface area contributed by atoms with E-state index < -0.39 is 0 Å². The van der Waals surface area contributed by atoms with E-state index in [2.05, 4.69) is 52.7 Å². The highest BCUT2D eigenvalue weighted by Gasteiger charge is 2.38. The molecule has 21 heavy (non-hydrogen) atoms. The van der Waals surface area contributed by atoms with Crippen LogP contribution in [0.2, 0.25) is 0 Å². The maximum Gasteiger partial charge on any atom is 0.0234 e. The van der Waals surface area contributed by atoms with Crippen LogP contribution in [-0.4, -0.2) is 31.1 Å². The van der Waals surface area contributed by atoms with Gasteiger partial charge >= 0.3 is 0 Å². The van der Waals surface area contributed by atoms with Gasteiger partial charge in [-0.15, -0.1) is 0 Å². The Hall–Kier alpha value is -1.38. The predicted octanol–water partition coefficient (Wildman–Crippen LogP) is 3.42. The van der Waals surface area contributed by atoms with Crippen molar-refractivity contribution < 1.29 is 0 Å². The fraction of sp³-hybridized carbons (Fsp3) is 0.474. The summed E-state index contributed by atoms with van der Waals surface area (Å²) in [5.74, 6) is 0. The van der Waals surface area contributed by atoms with Gasteiger partial charge in [-0.3, -0.25) is 4.90 Å². The van der Waals surface area contributed by atoms with Crippen LogP contribution in [0.4, 0.5) is 0 Å². The SMILES string of the molecule is c1ccc2cc(CN3CCC4(CCCNC4)C3)ccc2c1. The van der Waals surface area contributed by atoms with Crippen molar-refractivity contribution in [3.05, 3.63) is 48.0 Å². The molecule has 2 aromatic rings. The van der Waals surface area contributed by atoms with Crippen molar-refractivity contribution in [2.24, 2.45) is 5.41 Å². The van der Waals surface area contributed by atoms with Crippen LogP contribution in [0.5, 0.6) is 0 Å². The Morgan fingerprint density at radius 3 is 2.81 bits per heavy atom. The number of nitrogens with zero attached hydrogens (tertiary/aromatic N) is 1. The summed E-state index contributed by atoms with van der Waals surface area (Å²) in [7, 11) is 0. The second kappa shape index (κ2) is 5.43. The fourth-order valence-electron chi connectivity index (χ4n) is 4.14. The van der Waals surface area contributed by atoms with Gasteiger partial charge in [0.05, 0.1) is 0 Å². The molecule has 1 atom stereocenters. The second-order valence-corrected chi connectivity index (χ2v) is 6.92. The lowest BCUT2D eigenvalue weighted by Gasteiger charge is -2.34. The molecule has 0 aliphatic carbocycles. The minimum atomic E-state index is 0.565. The van der Waals surface area contributed by atoms with Gasteiger partial charge in [-0.2, -0.15) is 0 Å². The van der Waals surface area contributed by atoms with Gasteiger partial charge in [0, 0.05) is 19.6 Å². The molecule has 2 heterocycles. The van der Waals surface area contributed by atoms with Gasteiger partial charge in [-0.1, -0.05) is 36.4 Å². The molecule has 0 saturated carbocycles. The van der Waals surface area contributed by atoms with E-state index in [1.54, 1.807) is 0 Å². The Morgan fingerprint density at radius 1 is 1.05 bits per heavy atom. The average Bonchev–Trinajstić information content (AvgIpc) is 2.90. The highest BCUT2D eigenvalue weighted by molar-refractivity contribution is 5.82. The van der Waals surface area contributed by atoms with Gasteiger partial charge in [0.1, 0.15) is 0 Å². The molecule has 1 unspecified atom stereocenters. The zero-order valence-electron chi connectivity index (χ0n) is 12.6. The summed E-state index contributed by atoms with van der Waals surface area (Å²) in [6.45, 7) is 6.07. The molecule has 2 saturated heterocycles. The van der Waals surface area contributed by atoms with Crippen molar-refractivity contribution in [3.8, 4) is 0 Å². The summed E-state index contributed by atoms with van der Waals surface area (Å²) < 4.78 is 0. The number of hydrogen-bond acceptors (Lipinski definition) is 2. The van der Waals surface area contributed by atoms with Gasteiger partial charge in [-0.25, -0.2) is 0 Å². The van der Waals surface area contributed by atoms with Gasteiger partial charge < -0.3 is 5.32 Å². The van der Waals surface area contributed by atoms with E-state index in [1.165, 1.54) is 61.8 Å². The molecular formula is C19H24N2. The van der Waals surface area contributed by atoms with Crippen LogP contribution in [0.25, 0.3) is 10.8 Å². The van der Waals surface area contributed by atoms with E-state index in [1.807, 2.05) is 0 Å².